The van der Waals surface area contributed by atoms with Crippen LogP contribution in [0.1, 0.15) is 24.8 Å². The van der Waals surface area contributed by atoms with Crippen LogP contribution in [0.3, 0.4) is 0 Å². The lowest BCUT2D eigenvalue weighted by molar-refractivity contribution is 0.180. The standard InChI is InChI=1S/C14H20ClNO/c1-16-6-5-12-7-13(15)9-14(8-12)17-10-11-3-2-4-11/h7-9,11,16H,2-6,10H2,1H3. The van der Waals surface area contributed by atoms with Gasteiger partial charge in [-0.1, -0.05) is 18.0 Å². The highest BCUT2D eigenvalue weighted by molar-refractivity contribution is 6.30. The molecule has 0 unspecified atom stereocenters. The molecule has 1 aliphatic carbocycles. The topological polar surface area (TPSA) is 21.3 Å². The number of ether oxygens (including phenoxy) is 1. The van der Waals surface area contributed by atoms with Crippen LogP contribution in [0.5, 0.6) is 5.75 Å². The Bertz CT molecular complexity index is 363. The van der Waals surface area contributed by atoms with Crippen LogP contribution in [-0.2, 0) is 6.42 Å². The van der Waals surface area contributed by atoms with E-state index in [4.69, 9.17) is 16.3 Å². The van der Waals surface area contributed by atoms with E-state index in [-0.39, 0.29) is 0 Å². The molecule has 0 radical (unpaired) electrons. The molecule has 1 aromatic rings. The Hall–Kier alpha value is -0.730. The van der Waals surface area contributed by atoms with Gasteiger partial charge >= 0.3 is 0 Å². The molecule has 2 nitrogen and oxygen atoms in total. The molecule has 0 atom stereocenters. The summed E-state index contributed by atoms with van der Waals surface area (Å²) in [6.07, 6.45) is 4.97. The SMILES string of the molecule is CNCCc1cc(Cl)cc(OCC2CCC2)c1. The zero-order valence-corrected chi connectivity index (χ0v) is 11.1. The van der Waals surface area contributed by atoms with E-state index in [9.17, 15) is 0 Å². The van der Waals surface area contributed by atoms with E-state index in [0.717, 1.165) is 36.3 Å². The summed E-state index contributed by atoms with van der Waals surface area (Å²) in [7, 11) is 1.96. The zero-order chi connectivity index (χ0) is 12.1. The van der Waals surface area contributed by atoms with E-state index in [2.05, 4.69) is 11.4 Å². The van der Waals surface area contributed by atoms with Crippen LogP contribution in [-0.4, -0.2) is 20.2 Å². The van der Waals surface area contributed by atoms with Crippen molar-refractivity contribution < 1.29 is 4.74 Å². The summed E-state index contributed by atoms with van der Waals surface area (Å²) in [6.45, 7) is 1.80. The highest BCUT2D eigenvalue weighted by Gasteiger charge is 2.17. The van der Waals surface area contributed by atoms with Crippen LogP contribution in [0.25, 0.3) is 0 Å². The number of likely N-dealkylation sites (N-methyl/N-ethyl adjacent to an activating group) is 1. The molecule has 0 aromatic heterocycles. The van der Waals surface area contributed by atoms with Gasteiger partial charge in [0, 0.05) is 5.02 Å². The molecule has 1 saturated carbocycles. The van der Waals surface area contributed by atoms with Gasteiger partial charge in [-0.15, -0.1) is 0 Å². The fourth-order valence-corrected chi connectivity index (χ4v) is 2.24. The van der Waals surface area contributed by atoms with Crippen molar-refractivity contribution in [2.24, 2.45) is 5.92 Å². The van der Waals surface area contributed by atoms with Gasteiger partial charge in [0.2, 0.25) is 0 Å². The molecule has 1 fully saturated rings. The fraction of sp³-hybridized carbons (Fsp3) is 0.571. The van der Waals surface area contributed by atoms with Crippen molar-refractivity contribution in [3.63, 3.8) is 0 Å². The molecule has 3 heteroatoms. The van der Waals surface area contributed by atoms with Crippen molar-refractivity contribution in [1.82, 2.24) is 5.32 Å². The number of hydrogen-bond acceptors (Lipinski definition) is 2. The van der Waals surface area contributed by atoms with E-state index in [1.165, 1.54) is 24.8 Å². The van der Waals surface area contributed by atoms with Crippen molar-refractivity contribution >= 4 is 11.6 Å². The lowest BCUT2D eigenvalue weighted by Gasteiger charge is -2.25. The van der Waals surface area contributed by atoms with Crippen LogP contribution >= 0.6 is 11.6 Å². The van der Waals surface area contributed by atoms with E-state index in [1.54, 1.807) is 0 Å². The van der Waals surface area contributed by atoms with Crippen LogP contribution in [0.2, 0.25) is 5.02 Å². The van der Waals surface area contributed by atoms with Gasteiger partial charge in [-0.2, -0.15) is 0 Å². The van der Waals surface area contributed by atoms with Crippen LogP contribution in [0.15, 0.2) is 18.2 Å². The van der Waals surface area contributed by atoms with Crippen molar-refractivity contribution in [2.75, 3.05) is 20.2 Å². The normalized spacial score (nSPS) is 15.6. The van der Waals surface area contributed by atoms with Crippen LogP contribution in [0, 0.1) is 5.92 Å². The third-order valence-corrected chi connectivity index (χ3v) is 3.52. The van der Waals surface area contributed by atoms with Crippen molar-refractivity contribution in [1.29, 1.82) is 0 Å². The molecule has 0 aliphatic heterocycles. The first-order chi connectivity index (χ1) is 8.28. The molecule has 0 amide bonds. The van der Waals surface area contributed by atoms with Crippen LogP contribution < -0.4 is 10.1 Å². The number of benzene rings is 1. The number of rotatable bonds is 6. The van der Waals surface area contributed by atoms with Gasteiger partial charge in [0.15, 0.2) is 0 Å². The highest BCUT2D eigenvalue weighted by atomic mass is 35.5. The van der Waals surface area contributed by atoms with Gasteiger partial charge in [0.25, 0.3) is 0 Å². The Labute approximate surface area is 108 Å². The Morgan fingerprint density at radius 1 is 1.35 bits per heavy atom. The first-order valence-electron chi connectivity index (χ1n) is 6.35. The monoisotopic (exact) mass is 253 g/mol. The van der Waals surface area contributed by atoms with Gasteiger partial charge in [0.05, 0.1) is 6.61 Å². The Kier molecular flexibility index (Phi) is 4.69. The largest absolute Gasteiger partial charge is 0.493 e. The van der Waals surface area contributed by atoms with Crippen molar-refractivity contribution in [3.05, 3.63) is 28.8 Å². The molecule has 0 bridgehead atoms. The molecular formula is C14H20ClNO. The van der Waals surface area contributed by atoms with Gasteiger partial charge in [0.1, 0.15) is 5.75 Å². The zero-order valence-electron chi connectivity index (χ0n) is 10.3. The van der Waals surface area contributed by atoms with Crippen LogP contribution in [0.4, 0.5) is 0 Å². The first-order valence-corrected chi connectivity index (χ1v) is 6.72. The lowest BCUT2D eigenvalue weighted by atomic mass is 9.86. The summed E-state index contributed by atoms with van der Waals surface area (Å²) in [4.78, 5) is 0. The quantitative estimate of drug-likeness (QED) is 0.840. The molecule has 94 valence electrons. The predicted molar refractivity (Wildman–Crippen MR) is 71.9 cm³/mol. The maximum atomic E-state index is 6.09. The molecular weight excluding hydrogens is 234 g/mol. The number of halogens is 1. The smallest absolute Gasteiger partial charge is 0.121 e. The first kappa shape index (κ1) is 12.7. The highest BCUT2D eigenvalue weighted by Crippen LogP contribution is 2.28. The van der Waals surface area contributed by atoms with E-state index >= 15 is 0 Å². The van der Waals surface area contributed by atoms with E-state index < -0.39 is 0 Å². The second-order valence-corrected chi connectivity index (χ2v) is 5.19. The maximum Gasteiger partial charge on any atom is 0.121 e. The van der Waals surface area contributed by atoms with Gasteiger partial charge in [-0.25, -0.2) is 0 Å². The molecule has 1 aliphatic rings. The third kappa shape index (κ3) is 3.90. The third-order valence-electron chi connectivity index (χ3n) is 3.31. The molecule has 0 spiro atoms. The van der Waals surface area contributed by atoms with Gasteiger partial charge < -0.3 is 10.1 Å². The summed E-state index contributed by atoms with van der Waals surface area (Å²) in [5, 5.41) is 3.91. The lowest BCUT2D eigenvalue weighted by Crippen LogP contribution is -2.19. The number of nitrogens with one attached hydrogen (secondary N) is 1. The summed E-state index contributed by atoms with van der Waals surface area (Å²) in [6, 6.07) is 6.01. The Morgan fingerprint density at radius 3 is 2.82 bits per heavy atom. The number of hydrogen-bond donors (Lipinski definition) is 1. The molecule has 17 heavy (non-hydrogen) atoms. The maximum absolute atomic E-state index is 6.09. The molecule has 1 aromatic carbocycles. The minimum atomic E-state index is 0.759. The Morgan fingerprint density at radius 2 is 2.18 bits per heavy atom. The van der Waals surface area contributed by atoms with Crippen molar-refractivity contribution in [2.45, 2.75) is 25.7 Å². The second-order valence-electron chi connectivity index (χ2n) is 4.76. The summed E-state index contributed by atoms with van der Waals surface area (Å²) < 4.78 is 5.81. The minimum absolute atomic E-state index is 0.759. The summed E-state index contributed by atoms with van der Waals surface area (Å²) in [5.41, 5.74) is 1.23. The summed E-state index contributed by atoms with van der Waals surface area (Å²) in [5.74, 6) is 1.67. The molecule has 1 N–H and O–H groups in total. The average Bonchev–Trinajstić information content (AvgIpc) is 2.23. The fourth-order valence-electron chi connectivity index (χ4n) is 1.99. The van der Waals surface area contributed by atoms with Gasteiger partial charge in [-0.3, -0.25) is 0 Å². The average molecular weight is 254 g/mol. The van der Waals surface area contributed by atoms with E-state index in [0.29, 0.717) is 0 Å². The summed E-state index contributed by atoms with van der Waals surface area (Å²) >= 11 is 6.09. The van der Waals surface area contributed by atoms with Gasteiger partial charge in [-0.05, 0) is 62.5 Å². The molecule has 0 heterocycles. The predicted octanol–water partition coefficient (Wildman–Crippen LogP) is 3.28. The molecule has 0 saturated heterocycles. The van der Waals surface area contributed by atoms with Crippen molar-refractivity contribution in [3.8, 4) is 5.75 Å². The van der Waals surface area contributed by atoms with E-state index in [1.807, 2.05) is 19.2 Å². The second kappa shape index (κ2) is 6.27. The minimum Gasteiger partial charge on any atom is -0.493 e. The Balaban J connectivity index is 1.92. The molecule has 2 rings (SSSR count).